The molecule has 0 spiro atoms. The number of amides is 2. The molecule has 0 radical (unpaired) electrons. The van der Waals surface area contributed by atoms with Crippen molar-refractivity contribution in [3.63, 3.8) is 0 Å². The predicted octanol–water partition coefficient (Wildman–Crippen LogP) is 4.27. The summed E-state index contributed by atoms with van der Waals surface area (Å²) in [7, 11) is 0. The maximum Gasteiger partial charge on any atom is 0.416 e. The van der Waals surface area contributed by atoms with E-state index in [9.17, 15) is 22.8 Å². The summed E-state index contributed by atoms with van der Waals surface area (Å²) in [6, 6.07) is 11.1. The molecule has 1 saturated heterocycles. The monoisotopic (exact) mass is 391 g/mol. The van der Waals surface area contributed by atoms with Gasteiger partial charge < -0.3 is 15.5 Å². The molecule has 1 fully saturated rings. The second-order valence-corrected chi connectivity index (χ2v) is 6.58. The third kappa shape index (κ3) is 5.03. The smallest absolute Gasteiger partial charge is 0.372 e. The molecule has 0 aliphatic carbocycles. The van der Waals surface area contributed by atoms with Crippen molar-refractivity contribution >= 4 is 28.9 Å². The minimum absolute atomic E-state index is 0.105. The fourth-order valence-corrected chi connectivity index (χ4v) is 3.03. The Morgan fingerprint density at radius 3 is 1.68 bits per heavy atom. The van der Waals surface area contributed by atoms with E-state index < -0.39 is 23.6 Å². The van der Waals surface area contributed by atoms with Crippen LogP contribution in [0.5, 0.6) is 0 Å². The Hall–Kier alpha value is -3.03. The summed E-state index contributed by atoms with van der Waals surface area (Å²) in [4.78, 5) is 26.2. The molecular weight excluding hydrogens is 371 g/mol. The molecule has 5 nitrogen and oxygen atoms in total. The number of alkyl halides is 3. The van der Waals surface area contributed by atoms with E-state index in [1.807, 2.05) is 12.1 Å². The molecule has 1 aliphatic heterocycles. The number of halogens is 3. The topological polar surface area (TPSA) is 61.4 Å². The lowest BCUT2D eigenvalue weighted by atomic mass is 10.1. The average Bonchev–Trinajstić information content (AvgIpc) is 2.69. The number of piperidine rings is 1. The number of carbonyl (C=O) groups excluding carboxylic acids is 2. The van der Waals surface area contributed by atoms with Crippen molar-refractivity contribution in [3.05, 3.63) is 54.1 Å². The van der Waals surface area contributed by atoms with Gasteiger partial charge in [0.1, 0.15) is 0 Å². The van der Waals surface area contributed by atoms with Gasteiger partial charge in [0.15, 0.2) is 0 Å². The molecule has 0 atom stereocenters. The van der Waals surface area contributed by atoms with Crippen molar-refractivity contribution < 1.29 is 22.8 Å². The minimum atomic E-state index is -4.46. The second kappa shape index (κ2) is 8.33. The van der Waals surface area contributed by atoms with Crippen molar-refractivity contribution in [1.82, 2.24) is 0 Å². The SMILES string of the molecule is O=C(Nc1ccc(N2CCCCC2)cc1)C(=O)Nc1ccc(C(F)(F)F)cc1. The Balaban J connectivity index is 1.55. The van der Waals surface area contributed by atoms with E-state index in [1.54, 1.807) is 12.1 Å². The van der Waals surface area contributed by atoms with Gasteiger partial charge in [0.25, 0.3) is 0 Å². The Labute approximate surface area is 160 Å². The van der Waals surface area contributed by atoms with Crippen LogP contribution < -0.4 is 15.5 Å². The zero-order valence-corrected chi connectivity index (χ0v) is 15.1. The van der Waals surface area contributed by atoms with Crippen LogP contribution in [-0.2, 0) is 15.8 Å². The first-order valence-electron chi connectivity index (χ1n) is 8.97. The van der Waals surface area contributed by atoms with Crippen LogP contribution >= 0.6 is 0 Å². The minimum Gasteiger partial charge on any atom is -0.372 e. The largest absolute Gasteiger partial charge is 0.416 e. The molecule has 28 heavy (non-hydrogen) atoms. The molecule has 2 N–H and O–H groups in total. The van der Waals surface area contributed by atoms with Crippen LogP contribution in [-0.4, -0.2) is 24.9 Å². The molecule has 8 heteroatoms. The van der Waals surface area contributed by atoms with Crippen LogP contribution in [0.15, 0.2) is 48.5 Å². The van der Waals surface area contributed by atoms with Crippen LogP contribution in [0, 0.1) is 0 Å². The van der Waals surface area contributed by atoms with Gasteiger partial charge in [-0.1, -0.05) is 0 Å². The Bertz CT molecular complexity index is 827. The quantitative estimate of drug-likeness (QED) is 0.768. The van der Waals surface area contributed by atoms with Crippen molar-refractivity contribution in [2.75, 3.05) is 28.6 Å². The van der Waals surface area contributed by atoms with E-state index >= 15 is 0 Å². The van der Waals surface area contributed by atoms with Gasteiger partial charge in [-0.25, -0.2) is 0 Å². The number of carbonyl (C=O) groups is 2. The van der Waals surface area contributed by atoms with Crippen LogP contribution in [0.2, 0.25) is 0 Å². The van der Waals surface area contributed by atoms with Crippen molar-refractivity contribution in [1.29, 1.82) is 0 Å². The molecule has 2 aromatic rings. The number of hydrogen-bond acceptors (Lipinski definition) is 3. The van der Waals surface area contributed by atoms with E-state index in [1.165, 1.54) is 6.42 Å². The first-order chi connectivity index (χ1) is 13.3. The standard InChI is InChI=1S/C20H20F3N3O2/c21-20(22,23)14-4-6-15(7-5-14)24-18(27)19(28)25-16-8-10-17(11-9-16)26-12-2-1-3-13-26/h4-11H,1-3,12-13H2,(H,24,27)(H,25,28). The number of benzene rings is 2. The fourth-order valence-electron chi connectivity index (χ4n) is 3.03. The Kier molecular flexibility index (Phi) is 5.87. The highest BCUT2D eigenvalue weighted by Gasteiger charge is 2.30. The van der Waals surface area contributed by atoms with E-state index in [2.05, 4.69) is 15.5 Å². The van der Waals surface area contributed by atoms with Crippen LogP contribution in [0.1, 0.15) is 24.8 Å². The predicted molar refractivity (Wildman–Crippen MR) is 101 cm³/mol. The second-order valence-electron chi connectivity index (χ2n) is 6.58. The summed E-state index contributed by atoms with van der Waals surface area (Å²) in [5.41, 5.74) is 0.803. The summed E-state index contributed by atoms with van der Waals surface area (Å²) in [6.07, 6.45) is -0.913. The lowest BCUT2D eigenvalue weighted by molar-refractivity contribution is -0.137. The number of rotatable bonds is 3. The third-order valence-corrected chi connectivity index (χ3v) is 4.52. The zero-order chi connectivity index (χ0) is 20.1. The molecule has 2 amide bonds. The normalized spacial score (nSPS) is 14.5. The zero-order valence-electron chi connectivity index (χ0n) is 15.1. The van der Waals surface area contributed by atoms with Crippen molar-refractivity contribution in [2.45, 2.75) is 25.4 Å². The highest BCUT2D eigenvalue weighted by atomic mass is 19.4. The van der Waals surface area contributed by atoms with Gasteiger partial charge in [0, 0.05) is 30.2 Å². The lowest BCUT2D eigenvalue weighted by Crippen LogP contribution is -2.30. The molecule has 0 aromatic heterocycles. The van der Waals surface area contributed by atoms with E-state index in [0.29, 0.717) is 5.69 Å². The molecule has 148 valence electrons. The summed E-state index contributed by atoms with van der Waals surface area (Å²) < 4.78 is 37.6. The third-order valence-electron chi connectivity index (χ3n) is 4.52. The Morgan fingerprint density at radius 1 is 0.750 bits per heavy atom. The van der Waals surface area contributed by atoms with Crippen molar-refractivity contribution in [2.24, 2.45) is 0 Å². The maximum absolute atomic E-state index is 12.5. The highest BCUT2D eigenvalue weighted by molar-refractivity contribution is 6.43. The number of nitrogens with one attached hydrogen (secondary N) is 2. The molecule has 2 aromatic carbocycles. The molecule has 3 rings (SSSR count). The molecule has 0 unspecified atom stereocenters. The van der Waals surface area contributed by atoms with Gasteiger partial charge >= 0.3 is 18.0 Å². The molecule has 1 aliphatic rings. The van der Waals surface area contributed by atoms with E-state index in [-0.39, 0.29) is 5.69 Å². The molecule has 0 bridgehead atoms. The van der Waals surface area contributed by atoms with Crippen LogP contribution in [0.3, 0.4) is 0 Å². The number of nitrogens with zero attached hydrogens (tertiary/aromatic N) is 1. The summed E-state index contributed by atoms with van der Waals surface area (Å²) >= 11 is 0. The first kappa shape index (κ1) is 19.7. The van der Waals surface area contributed by atoms with Crippen LogP contribution in [0.25, 0.3) is 0 Å². The summed E-state index contributed by atoms with van der Waals surface area (Å²) in [5.74, 6) is -1.86. The number of hydrogen-bond donors (Lipinski definition) is 2. The highest BCUT2D eigenvalue weighted by Crippen LogP contribution is 2.29. The average molecular weight is 391 g/mol. The molecular formula is C20H20F3N3O2. The van der Waals surface area contributed by atoms with Gasteiger partial charge in [-0.15, -0.1) is 0 Å². The van der Waals surface area contributed by atoms with E-state index in [4.69, 9.17) is 0 Å². The van der Waals surface area contributed by atoms with Gasteiger partial charge in [-0.05, 0) is 67.8 Å². The van der Waals surface area contributed by atoms with E-state index in [0.717, 1.165) is 55.9 Å². The first-order valence-corrected chi connectivity index (χ1v) is 8.97. The van der Waals surface area contributed by atoms with Crippen molar-refractivity contribution in [3.8, 4) is 0 Å². The maximum atomic E-state index is 12.5. The van der Waals surface area contributed by atoms with Gasteiger partial charge in [-0.3, -0.25) is 9.59 Å². The van der Waals surface area contributed by atoms with Gasteiger partial charge in [-0.2, -0.15) is 13.2 Å². The number of anilines is 3. The van der Waals surface area contributed by atoms with Gasteiger partial charge in [0.2, 0.25) is 0 Å². The summed E-state index contributed by atoms with van der Waals surface area (Å²) in [5, 5.41) is 4.76. The van der Waals surface area contributed by atoms with Crippen LogP contribution in [0.4, 0.5) is 30.2 Å². The molecule has 0 saturated carbocycles. The lowest BCUT2D eigenvalue weighted by Gasteiger charge is -2.28. The fraction of sp³-hybridized carbons (Fsp3) is 0.300. The van der Waals surface area contributed by atoms with Gasteiger partial charge in [0.05, 0.1) is 5.56 Å². The Morgan fingerprint density at radius 2 is 1.21 bits per heavy atom. The summed E-state index contributed by atoms with van der Waals surface area (Å²) in [6.45, 7) is 2.00. The molecule has 1 heterocycles.